The van der Waals surface area contributed by atoms with Crippen LogP contribution in [0.25, 0.3) is 11.3 Å². The molecule has 0 bridgehead atoms. The molecule has 0 spiro atoms. The standard InChI is InChI=1S/C25H31F3N6O/c26-25(27,28)20-4-1-3-19(17-20)22-7-8-23(30-29-22)33-11-9-31(10-12-33)18-24(35)34-15-13-32(14-16-34)21-5-2-6-21/h1,3-4,7-8,17,21H,2,5-6,9-16,18H2. The van der Waals surface area contributed by atoms with Crippen LogP contribution in [-0.2, 0) is 11.0 Å². The lowest BCUT2D eigenvalue weighted by molar-refractivity contribution is -0.137. The maximum Gasteiger partial charge on any atom is 0.416 e. The van der Waals surface area contributed by atoms with E-state index in [1.54, 1.807) is 18.2 Å². The first kappa shape index (κ1) is 24.0. The molecule has 10 heteroatoms. The van der Waals surface area contributed by atoms with Gasteiger partial charge in [-0.25, -0.2) is 0 Å². The van der Waals surface area contributed by atoms with Crippen LogP contribution in [0.5, 0.6) is 0 Å². The third-order valence-corrected chi connectivity index (χ3v) is 7.45. The van der Waals surface area contributed by atoms with Crippen molar-refractivity contribution in [3.63, 3.8) is 0 Å². The Bertz CT molecular complexity index is 1010. The molecule has 5 rings (SSSR count). The van der Waals surface area contributed by atoms with Crippen molar-refractivity contribution in [3.05, 3.63) is 42.0 Å². The molecular weight excluding hydrogens is 457 g/mol. The van der Waals surface area contributed by atoms with E-state index in [1.165, 1.54) is 25.3 Å². The van der Waals surface area contributed by atoms with Crippen molar-refractivity contribution < 1.29 is 18.0 Å². The Morgan fingerprint density at radius 2 is 1.66 bits per heavy atom. The van der Waals surface area contributed by atoms with Gasteiger partial charge in [0.15, 0.2) is 5.82 Å². The van der Waals surface area contributed by atoms with Gasteiger partial charge in [-0.05, 0) is 37.1 Å². The van der Waals surface area contributed by atoms with E-state index in [9.17, 15) is 18.0 Å². The second kappa shape index (κ2) is 10.1. The van der Waals surface area contributed by atoms with Crippen LogP contribution in [0.15, 0.2) is 36.4 Å². The molecule has 2 aliphatic heterocycles. The molecule has 0 radical (unpaired) electrons. The number of hydrogen-bond donors (Lipinski definition) is 0. The van der Waals surface area contributed by atoms with Crippen molar-refractivity contribution in [2.45, 2.75) is 31.5 Å². The minimum absolute atomic E-state index is 0.206. The third-order valence-electron chi connectivity index (χ3n) is 7.45. The zero-order valence-corrected chi connectivity index (χ0v) is 19.8. The number of halogens is 3. The number of carbonyl (C=O) groups excluding carboxylic acids is 1. The molecule has 3 fully saturated rings. The van der Waals surface area contributed by atoms with E-state index in [-0.39, 0.29) is 5.91 Å². The Morgan fingerprint density at radius 3 is 2.26 bits per heavy atom. The summed E-state index contributed by atoms with van der Waals surface area (Å²) in [6.45, 7) is 7.01. The van der Waals surface area contributed by atoms with Gasteiger partial charge in [-0.15, -0.1) is 10.2 Å². The molecule has 188 valence electrons. The van der Waals surface area contributed by atoms with E-state index in [2.05, 4.69) is 24.9 Å². The summed E-state index contributed by atoms with van der Waals surface area (Å²) in [6.07, 6.45) is -0.455. The Hall–Kier alpha value is -2.72. The van der Waals surface area contributed by atoms with Crippen LogP contribution in [0.1, 0.15) is 24.8 Å². The van der Waals surface area contributed by atoms with Crippen LogP contribution in [0, 0.1) is 0 Å². The van der Waals surface area contributed by atoms with E-state index in [4.69, 9.17) is 0 Å². The van der Waals surface area contributed by atoms with Gasteiger partial charge in [0, 0.05) is 64.0 Å². The Balaban J connectivity index is 1.10. The second-order valence-electron chi connectivity index (χ2n) is 9.62. The van der Waals surface area contributed by atoms with Gasteiger partial charge in [0.1, 0.15) is 0 Å². The molecule has 1 aromatic carbocycles. The average Bonchev–Trinajstić information content (AvgIpc) is 2.84. The normalized spacial score (nSPS) is 20.7. The number of rotatable bonds is 5. The zero-order chi connectivity index (χ0) is 24.4. The molecule has 1 amide bonds. The molecule has 3 aliphatic rings. The van der Waals surface area contributed by atoms with Gasteiger partial charge in [-0.2, -0.15) is 13.2 Å². The van der Waals surface area contributed by atoms with Crippen LogP contribution in [-0.4, -0.2) is 95.7 Å². The van der Waals surface area contributed by atoms with Gasteiger partial charge in [0.25, 0.3) is 0 Å². The summed E-state index contributed by atoms with van der Waals surface area (Å²) in [6, 6.07) is 9.35. The summed E-state index contributed by atoms with van der Waals surface area (Å²) in [7, 11) is 0. The van der Waals surface area contributed by atoms with Crippen LogP contribution < -0.4 is 4.90 Å². The molecule has 7 nitrogen and oxygen atoms in total. The van der Waals surface area contributed by atoms with Gasteiger partial charge < -0.3 is 9.80 Å². The summed E-state index contributed by atoms with van der Waals surface area (Å²) in [5.74, 6) is 0.899. The summed E-state index contributed by atoms with van der Waals surface area (Å²) in [5.41, 5.74) is 0.0870. The fourth-order valence-corrected chi connectivity index (χ4v) is 5.02. The highest BCUT2D eigenvalue weighted by atomic mass is 19.4. The molecule has 35 heavy (non-hydrogen) atoms. The second-order valence-corrected chi connectivity index (χ2v) is 9.62. The first-order chi connectivity index (χ1) is 16.9. The van der Waals surface area contributed by atoms with Gasteiger partial charge in [0.05, 0.1) is 17.8 Å². The molecule has 0 atom stereocenters. The topological polar surface area (TPSA) is 55.8 Å². The lowest BCUT2D eigenvalue weighted by Crippen LogP contribution is -2.56. The molecule has 2 saturated heterocycles. The summed E-state index contributed by atoms with van der Waals surface area (Å²) in [5, 5.41) is 8.43. The number of hydrogen-bond acceptors (Lipinski definition) is 6. The third kappa shape index (κ3) is 5.59. The molecule has 2 aromatic rings. The van der Waals surface area contributed by atoms with Crippen molar-refractivity contribution in [1.82, 2.24) is 24.9 Å². The highest BCUT2D eigenvalue weighted by molar-refractivity contribution is 5.78. The smallest absolute Gasteiger partial charge is 0.353 e. The van der Waals surface area contributed by atoms with Crippen molar-refractivity contribution in [2.24, 2.45) is 0 Å². The SMILES string of the molecule is O=C(CN1CCN(c2ccc(-c3cccc(C(F)(F)F)c3)nn2)CC1)N1CCN(C2CCC2)CC1. The summed E-state index contributed by atoms with van der Waals surface area (Å²) >= 11 is 0. The molecule has 0 unspecified atom stereocenters. The number of alkyl halides is 3. The van der Waals surface area contributed by atoms with E-state index in [0.29, 0.717) is 23.6 Å². The fraction of sp³-hybridized carbons (Fsp3) is 0.560. The van der Waals surface area contributed by atoms with Gasteiger partial charge >= 0.3 is 6.18 Å². The number of carbonyl (C=O) groups is 1. The van der Waals surface area contributed by atoms with Crippen molar-refractivity contribution in [1.29, 1.82) is 0 Å². The largest absolute Gasteiger partial charge is 0.416 e. The summed E-state index contributed by atoms with van der Waals surface area (Å²) < 4.78 is 39.0. The highest BCUT2D eigenvalue weighted by Gasteiger charge is 2.31. The Morgan fingerprint density at radius 1 is 0.914 bits per heavy atom. The number of nitrogens with zero attached hydrogens (tertiary/aromatic N) is 6. The Kier molecular flexibility index (Phi) is 6.93. The van der Waals surface area contributed by atoms with Crippen LogP contribution in [0.4, 0.5) is 19.0 Å². The predicted molar refractivity (Wildman–Crippen MR) is 127 cm³/mol. The molecule has 1 aromatic heterocycles. The van der Waals surface area contributed by atoms with E-state index < -0.39 is 11.7 Å². The fourth-order valence-electron chi connectivity index (χ4n) is 5.02. The maximum absolute atomic E-state index is 13.0. The molecule has 0 N–H and O–H groups in total. The lowest BCUT2D eigenvalue weighted by atomic mass is 9.91. The lowest BCUT2D eigenvalue weighted by Gasteiger charge is -2.43. The minimum Gasteiger partial charge on any atom is -0.353 e. The number of piperazine rings is 2. The molecule has 3 heterocycles. The van der Waals surface area contributed by atoms with Crippen molar-refractivity contribution in [2.75, 3.05) is 63.8 Å². The zero-order valence-electron chi connectivity index (χ0n) is 19.8. The molecule has 1 aliphatic carbocycles. The van der Waals surface area contributed by atoms with Gasteiger partial charge in [0.2, 0.25) is 5.91 Å². The molecular formula is C25H31F3N6O. The Labute approximate surface area is 203 Å². The predicted octanol–water partition coefficient (Wildman–Crippen LogP) is 2.98. The van der Waals surface area contributed by atoms with Crippen LogP contribution in [0.2, 0.25) is 0 Å². The van der Waals surface area contributed by atoms with Crippen molar-refractivity contribution >= 4 is 11.7 Å². The first-order valence-electron chi connectivity index (χ1n) is 12.4. The number of benzene rings is 1. The van der Waals surface area contributed by atoms with E-state index in [1.807, 2.05) is 4.90 Å². The minimum atomic E-state index is -4.39. The molecule has 1 saturated carbocycles. The number of aromatic nitrogens is 2. The average molecular weight is 489 g/mol. The number of anilines is 1. The van der Waals surface area contributed by atoms with E-state index >= 15 is 0 Å². The first-order valence-corrected chi connectivity index (χ1v) is 12.4. The van der Waals surface area contributed by atoms with Crippen LogP contribution >= 0.6 is 0 Å². The maximum atomic E-state index is 13.0. The van der Waals surface area contributed by atoms with E-state index in [0.717, 1.165) is 70.5 Å². The monoisotopic (exact) mass is 488 g/mol. The van der Waals surface area contributed by atoms with Gasteiger partial charge in [-0.3, -0.25) is 14.6 Å². The van der Waals surface area contributed by atoms with Gasteiger partial charge in [-0.1, -0.05) is 18.6 Å². The van der Waals surface area contributed by atoms with Crippen LogP contribution in [0.3, 0.4) is 0 Å². The quantitative estimate of drug-likeness (QED) is 0.645. The summed E-state index contributed by atoms with van der Waals surface area (Å²) in [4.78, 5) is 21.6. The highest BCUT2D eigenvalue weighted by Crippen LogP contribution is 2.32. The number of amides is 1. The van der Waals surface area contributed by atoms with Crippen molar-refractivity contribution in [3.8, 4) is 11.3 Å².